The number of hydrogen-bond acceptors (Lipinski definition) is 2. The van der Waals surface area contributed by atoms with Crippen LogP contribution in [0.15, 0.2) is 96.0 Å². The van der Waals surface area contributed by atoms with Crippen molar-refractivity contribution in [2.24, 2.45) is 4.99 Å². The zero-order valence-electron chi connectivity index (χ0n) is 15.6. The van der Waals surface area contributed by atoms with Crippen molar-refractivity contribution < 1.29 is 0 Å². The summed E-state index contributed by atoms with van der Waals surface area (Å²) in [6, 6.07) is 27.2. The van der Waals surface area contributed by atoms with E-state index in [0.717, 1.165) is 11.4 Å². The molecule has 0 saturated heterocycles. The van der Waals surface area contributed by atoms with Crippen molar-refractivity contribution in [1.29, 1.82) is 0 Å². The summed E-state index contributed by atoms with van der Waals surface area (Å²) in [6.07, 6.45) is 6.49. The number of rotatable bonds is 3. The van der Waals surface area contributed by atoms with E-state index in [-0.39, 0.29) is 0 Å². The fraction of sp³-hybridized carbons (Fsp3) is 0.0800. The number of aliphatic imine (C=N–C) groups is 1. The Morgan fingerprint density at radius 1 is 0.704 bits per heavy atom. The van der Waals surface area contributed by atoms with E-state index in [1.807, 2.05) is 30.3 Å². The summed E-state index contributed by atoms with van der Waals surface area (Å²) < 4.78 is 0. The number of para-hydroxylation sites is 1. The van der Waals surface area contributed by atoms with E-state index in [9.17, 15) is 0 Å². The van der Waals surface area contributed by atoms with Gasteiger partial charge in [-0.15, -0.1) is 0 Å². The Balaban J connectivity index is 1.73. The molecule has 0 saturated carbocycles. The molecule has 0 radical (unpaired) electrons. The zero-order chi connectivity index (χ0) is 18.6. The first kappa shape index (κ1) is 17.0. The van der Waals surface area contributed by atoms with Gasteiger partial charge in [-0.3, -0.25) is 0 Å². The van der Waals surface area contributed by atoms with Crippen molar-refractivity contribution in [3.63, 3.8) is 0 Å². The largest absolute Gasteiger partial charge is 0.378 e. The maximum absolute atomic E-state index is 4.83. The van der Waals surface area contributed by atoms with Crippen molar-refractivity contribution in [1.82, 2.24) is 0 Å². The van der Waals surface area contributed by atoms with E-state index >= 15 is 0 Å². The molecule has 0 aliphatic heterocycles. The lowest BCUT2D eigenvalue weighted by Gasteiger charge is -2.16. The topological polar surface area (TPSA) is 15.6 Å². The van der Waals surface area contributed by atoms with Crippen LogP contribution in [0.5, 0.6) is 0 Å². The van der Waals surface area contributed by atoms with Crippen LogP contribution in [0.25, 0.3) is 11.6 Å². The molecule has 2 heteroatoms. The fourth-order valence-electron chi connectivity index (χ4n) is 3.22. The molecule has 132 valence electrons. The number of nitrogens with zero attached hydrogens (tertiary/aromatic N) is 2. The Hall–Kier alpha value is -3.39. The van der Waals surface area contributed by atoms with Gasteiger partial charge in [-0.25, -0.2) is 4.99 Å². The van der Waals surface area contributed by atoms with Gasteiger partial charge in [-0.1, -0.05) is 60.7 Å². The van der Waals surface area contributed by atoms with Crippen LogP contribution in [0, 0.1) is 0 Å². The van der Waals surface area contributed by atoms with Gasteiger partial charge in [0.25, 0.3) is 0 Å². The number of fused-ring (bicyclic) bond motifs is 1. The van der Waals surface area contributed by atoms with Gasteiger partial charge < -0.3 is 4.90 Å². The highest BCUT2D eigenvalue weighted by atomic mass is 15.1. The lowest BCUT2D eigenvalue weighted by Crippen LogP contribution is -2.08. The third-order valence-electron chi connectivity index (χ3n) is 4.67. The van der Waals surface area contributed by atoms with Crippen molar-refractivity contribution in [2.75, 3.05) is 19.0 Å². The molecule has 0 amide bonds. The highest BCUT2D eigenvalue weighted by molar-refractivity contribution is 6.17. The minimum atomic E-state index is 0.971. The van der Waals surface area contributed by atoms with E-state index in [1.54, 1.807) is 0 Å². The number of allylic oxidation sites excluding steroid dienone is 3. The predicted octanol–water partition coefficient (Wildman–Crippen LogP) is 5.98. The van der Waals surface area contributed by atoms with Gasteiger partial charge in [0.05, 0.1) is 11.4 Å². The van der Waals surface area contributed by atoms with Gasteiger partial charge in [-0.05, 0) is 53.1 Å². The summed E-state index contributed by atoms with van der Waals surface area (Å²) in [5.41, 5.74) is 7.95. The second-order valence-corrected chi connectivity index (χ2v) is 6.80. The number of anilines is 1. The van der Waals surface area contributed by atoms with Crippen LogP contribution in [0.2, 0.25) is 0 Å². The first-order chi connectivity index (χ1) is 13.2. The minimum absolute atomic E-state index is 0.971. The molecule has 0 unspecified atom stereocenters. The Bertz CT molecular complexity index is 1020. The van der Waals surface area contributed by atoms with E-state index in [4.69, 9.17) is 4.99 Å². The summed E-state index contributed by atoms with van der Waals surface area (Å²) in [5, 5.41) is 0. The molecule has 0 spiro atoms. The van der Waals surface area contributed by atoms with Crippen LogP contribution in [-0.4, -0.2) is 19.8 Å². The second-order valence-electron chi connectivity index (χ2n) is 6.80. The Morgan fingerprint density at radius 3 is 2.07 bits per heavy atom. The lowest BCUT2D eigenvalue weighted by molar-refractivity contribution is 1.13. The van der Waals surface area contributed by atoms with Gasteiger partial charge in [0.1, 0.15) is 0 Å². The van der Waals surface area contributed by atoms with Crippen LogP contribution in [0.4, 0.5) is 11.4 Å². The smallest absolute Gasteiger partial charge is 0.0715 e. The molecular weight excluding hydrogens is 328 g/mol. The van der Waals surface area contributed by atoms with Crippen molar-refractivity contribution in [3.05, 3.63) is 108 Å². The average Bonchev–Trinajstić information content (AvgIpc) is 2.71. The summed E-state index contributed by atoms with van der Waals surface area (Å²) in [4.78, 5) is 6.94. The van der Waals surface area contributed by atoms with Gasteiger partial charge >= 0.3 is 0 Å². The van der Waals surface area contributed by atoms with E-state index < -0.39 is 0 Å². The lowest BCUT2D eigenvalue weighted by atomic mass is 9.90. The van der Waals surface area contributed by atoms with E-state index in [1.165, 1.54) is 28.0 Å². The first-order valence-corrected chi connectivity index (χ1v) is 9.11. The third-order valence-corrected chi connectivity index (χ3v) is 4.67. The van der Waals surface area contributed by atoms with Crippen LogP contribution < -0.4 is 4.90 Å². The summed E-state index contributed by atoms with van der Waals surface area (Å²) in [5.74, 6) is 0. The Morgan fingerprint density at radius 2 is 1.37 bits per heavy atom. The maximum atomic E-state index is 4.83. The standard InChI is InChI=1S/C25H22N2/c1-27(2)22-15-12-19(13-16-22)18-20-14-17-25(24-11-7-6-10-23(20)24)26-21-8-4-3-5-9-21/h3-18H,1-2H3. The molecule has 0 fully saturated rings. The zero-order valence-corrected chi connectivity index (χ0v) is 15.6. The minimum Gasteiger partial charge on any atom is -0.378 e. The van der Waals surface area contributed by atoms with Crippen LogP contribution in [-0.2, 0) is 0 Å². The molecule has 3 aromatic carbocycles. The highest BCUT2D eigenvalue weighted by Gasteiger charge is 2.14. The molecule has 0 bridgehead atoms. The predicted molar refractivity (Wildman–Crippen MR) is 117 cm³/mol. The molecule has 0 heterocycles. The molecule has 0 atom stereocenters. The van der Waals surface area contributed by atoms with Crippen LogP contribution >= 0.6 is 0 Å². The van der Waals surface area contributed by atoms with Gasteiger partial charge in [0.2, 0.25) is 0 Å². The maximum Gasteiger partial charge on any atom is 0.0715 e. The summed E-state index contributed by atoms with van der Waals surface area (Å²) in [7, 11) is 4.11. The van der Waals surface area contributed by atoms with Gasteiger partial charge in [0, 0.05) is 25.3 Å². The van der Waals surface area contributed by atoms with Gasteiger partial charge in [0.15, 0.2) is 0 Å². The highest BCUT2D eigenvalue weighted by Crippen LogP contribution is 2.29. The third kappa shape index (κ3) is 3.75. The molecule has 1 aliphatic rings. The quantitative estimate of drug-likeness (QED) is 0.567. The molecule has 27 heavy (non-hydrogen) atoms. The Labute approximate surface area is 160 Å². The van der Waals surface area contributed by atoms with E-state index in [0.29, 0.717) is 0 Å². The fourth-order valence-corrected chi connectivity index (χ4v) is 3.22. The monoisotopic (exact) mass is 350 g/mol. The van der Waals surface area contributed by atoms with Crippen molar-refractivity contribution >= 4 is 28.7 Å². The molecule has 4 rings (SSSR count). The molecule has 2 nitrogen and oxygen atoms in total. The summed E-state index contributed by atoms with van der Waals surface area (Å²) in [6.45, 7) is 0. The molecule has 0 aromatic heterocycles. The Kier molecular flexibility index (Phi) is 4.71. The summed E-state index contributed by atoms with van der Waals surface area (Å²) >= 11 is 0. The molecule has 3 aromatic rings. The second kappa shape index (κ2) is 7.46. The SMILES string of the molecule is CN(C)c1ccc(C=C2C=CC(=Nc3ccccc3)c3ccccc32)cc1. The first-order valence-electron chi connectivity index (χ1n) is 9.11. The van der Waals surface area contributed by atoms with Gasteiger partial charge in [-0.2, -0.15) is 0 Å². The van der Waals surface area contributed by atoms with Crippen LogP contribution in [0.3, 0.4) is 0 Å². The van der Waals surface area contributed by atoms with Crippen molar-refractivity contribution in [3.8, 4) is 0 Å². The molecule has 0 N–H and O–H groups in total. The van der Waals surface area contributed by atoms with Crippen molar-refractivity contribution in [2.45, 2.75) is 0 Å². The normalized spacial score (nSPS) is 15.8. The number of hydrogen-bond donors (Lipinski definition) is 0. The molecular formula is C25H22N2. The van der Waals surface area contributed by atoms with Crippen LogP contribution in [0.1, 0.15) is 16.7 Å². The van der Waals surface area contributed by atoms with E-state index in [2.05, 4.69) is 85.8 Å². The number of benzene rings is 3. The average molecular weight is 350 g/mol. The molecule has 1 aliphatic carbocycles.